The molecule has 0 unspecified atom stereocenters. The van der Waals surface area contributed by atoms with Gasteiger partial charge in [0.1, 0.15) is 4.88 Å². The predicted octanol–water partition coefficient (Wildman–Crippen LogP) is 2.70. The van der Waals surface area contributed by atoms with E-state index in [0.717, 1.165) is 22.4 Å². The van der Waals surface area contributed by atoms with Gasteiger partial charge < -0.3 is 4.90 Å². The summed E-state index contributed by atoms with van der Waals surface area (Å²) in [6, 6.07) is 0.219. The van der Waals surface area contributed by atoms with Crippen LogP contribution in [0.25, 0.3) is 0 Å². The Bertz CT molecular complexity index is 338. The van der Waals surface area contributed by atoms with Crippen molar-refractivity contribution in [3.05, 3.63) is 16.1 Å². The zero-order valence-electron chi connectivity index (χ0n) is 9.16. The Hall–Kier alpha value is -0.420. The lowest BCUT2D eigenvalue weighted by Gasteiger charge is -2.25. The first kappa shape index (κ1) is 12.6. The van der Waals surface area contributed by atoms with E-state index in [2.05, 4.69) is 20.9 Å². The van der Waals surface area contributed by atoms with E-state index < -0.39 is 0 Å². The van der Waals surface area contributed by atoms with Crippen LogP contribution in [0.15, 0.2) is 5.51 Å². The van der Waals surface area contributed by atoms with Crippen molar-refractivity contribution < 1.29 is 4.79 Å². The molecule has 3 nitrogen and oxygen atoms in total. The number of hydrogen-bond acceptors (Lipinski definition) is 3. The maximum Gasteiger partial charge on any atom is 0.266 e. The van der Waals surface area contributed by atoms with Crippen molar-refractivity contribution in [3.63, 3.8) is 0 Å². The molecule has 0 bridgehead atoms. The molecule has 0 spiro atoms. The summed E-state index contributed by atoms with van der Waals surface area (Å²) in [6.45, 7) is 6.65. The van der Waals surface area contributed by atoms with E-state index in [1.165, 1.54) is 11.3 Å². The van der Waals surface area contributed by atoms with Gasteiger partial charge in [0.05, 0.1) is 11.2 Å². The number of carbonyl (C=O) groups is 1. The molecule has 1 amide bonds. The minimum absolute atomic E-state index is 0.0875. The highest BCUT2D eigenvalue weighted by molar-refractivity contribution is 9.09. The molecule has 0 saturated carbocycles. The number of carbonyl (C=O) groups excluding carboxylic acids is 1. The first-order valence-electron chi connectivity index (χ1n) is 4.85. The topological polar surface area (TPSA) is 33.2 Å². The Kier molecular flexibility index (Phi) is 4.73. The van der Waals surface area contributed by atoms with Gasteiger partial charge in [-0.05, 0) is 20.8 Å². The Morgan fingerprint density at radius 3 is 2.73 bits per heavy atom. The van der Waals surface area contributed by atoms with E-state index >= 15 is 0 Å². The number of nitrogens with zero attached hydrogens (tertiary/aromatic N) is 2. The second-order valence-corrected chi connectivity index (χ2v) is 5.20. The van der Waals surface area contributed by atoms with Crippen LogP contribution < -0.4 is 0 Å². The van der Waals surface area contributed by atoms with Crippen molar-refractivity contribution in [2.45, 2.75) is 26.8 Å². The molecule has 1 aromatic rings. The molecule has 0 aliphatic rings. The van der Waals surface area contributed by atoms with Gasteiger partial charge in [0.25, 0.3) is 5.91 Å². The van der Waals surface area contributed by atoms with Gasteiger partial charge in [-0.1, -0.05) is 15.9 Å². The van der Waals surface area contributed by atoms with Gasteiger partial charge in [-0.25, -0.2) is 4.98 Å². The smallest absolute Gasteiger partial charge is 0.266 e. The highest BCUT2D eigenvalue weighted by atomic mass is 79.9. The van der Waals surface area contributed by atoms with Crippen LogP contribution in [0.4, 0.5) is 0 Å². The Morgan fingerprint density at radius 2 is 2.33 bits per heavy atom. The number of thiazole rings is 1. The van der Waals surface area contributed by atoms with Crippen molar-refractivity contribution in [2.24, 2.45) is 0 Å². The van der Waals surface area contributed by atoms with Crippen LogP contribution in [-0.2, 0) is 0 Å². The molecule has 1 rings (SSSR count). The maximum absolute atomic E-state index is 12.1. The minimum atomic E-state index is 0.0875. The maximum atomic E-state index is 12.1. The molecule has 0 aromatic carbocycles. The number of hydrogen-bond donors (Lipinski definition) is 0. The molecule has 0 saturated heterocycles. The molecule has 0 N–H and O–H groups in total. The first-order valence-corrected chi connectivity index (χ1v) is 6.85. The van der Waals surface area contributed by atoms with E-state index in [-0.39, 0.29) is 11.9 Å². The third-order valence-electron chi connectivity index (χ3n) is 2.15. The lowest BCUT2D eigenvalue weighted by Crippen LogP contribution is -2.38. The monoisotopic (exact) mass is 290 g/mol. The molecule has 0 aliphatic carbocycles. The van der Waals surface area contributed by atoms with E-state index in [9.17, 15) is 4.79 Å². The second-order valence-electron chi connectivity index (χ2n) is 3.55. The Labute approximate surface area is 103 Å². The number of rotatable bonds is 4. The van der Waals surface area contributed by atoms with Gasteiger partial charge in [0.2, 0.25) is 0 Å². The second kappa shape index (κ2) is 5.61. The fourth-order valence-electron chi connectivity index (χ4n) is 1.32. The van der Waals surface area contributed by atoms with Crippen LogP contribution in [0.5, 0.6) is 0 Å². The van der Waals surface area contributed by atoms with E-state index in [4.69, 9.17) is 0 Å². The van der Waals surface area contributed by atoms with Crippen molar-refractivity contribution in [2.75, 3.05) is 11.9 Å². The summed E-state index contributed by atoms with van der Waals surface area (Å²) in [7, 11) is 0. The van der Waals surface area contributed by atoms with E-state index in [1.54, 1.807) is 5.51 Å². The highest BCUT2D eigenvalue weighted by Gasteiger charge is 2.21. The summed E-state index contributed by atoms with van der Waals surface area (Å²) in [5.41, 5.74) is 2.54. The summed E-state index contributed by atoms with van der Waals surface area (Å²) < 4.78 is 0. The number of alkyl halides is 1. The third kappa shape index (κ3) is 3.01. The summed E-state index contributed by atoms with van der Waals surface area (Å²) in [5, 5.41) is 0.800. The Balaban J connectivity index is 2.86. The molecule has 1 aromatic heterocycles. The van der Waals surface area contributed by atoms with Gasteiger partial charge >= 0.3 is 0 Å². The molecule has 5 heteroatoms. The molecule has 0 aliphatic heterocycles. The van der Waals surface area contributed by atoms with Gasteiger partial charge in [-0.2, -0.15) is 0 Å². The molecule has 84 valence electrons. The van der Waals surface area contributed by atoms with Gasteiger partial charge in [0, 0.05) is 17.9 Å². The molecule has 0 atom stereocenters. The van der Waals surface area contributed by atoms with Crippen LogP contribution in [0.1, 0.15) is 29.2 Å². The fraction of sp³-hybridized carbons (Fsp3) is 0.600. The quantitative estimate of drug-likeness (QED) is 0.799. The highest BCUT2D eigenvalue weighted by Crippen LogP contribution is 2.16. The largest absolute Gasteiger partial charge is 0.335 e. The van der Waals surface area contributed by atoms with E-state index in [0.29, 0.717) is 0 Å². The van der Waals surface area contributed by atoms with Gasteiger partial charge in [-0.15, -0.1) is 11.3 Å². The Morgan fingerprint density at radius 1 is 1.67 bits per heavy atom. The SMILES string of the molecule is Cc1ncsc1C(=O)N(CCBr)C(C)C. The zero-order chi connectivity index (χ0) is 11.4. The van der Waals surface area contributed by atoms with Gasteiger partial charge in [0.15, 0.2) is 0 Å². The van der Waals surface area contributed by atoms with Crippen molar-refractivity contribution in [1.29, 1.82) is 0 Å². The van der Waals surface area contributed by atoms with Crippen LogP contribution in [0, 0.1) is 6.92 Å². The van der Waals surface area contributed by atoms with Crippen molar-refractivity contribution >= 4 is 33.2 Å². The number of aryl methyl sites for hydroxylation is 1. The van der Waals surface area contributed by atoms with Crippen molar-refractivity contribution in [3.8, 4) is 0 Å². The molecule has 1 heterocycles. The number of aromatic nitrogens is 1. The fourth-order valence-corrected chi connectivity index (χ4v) is 2.46. The van der Waals surface area contributed by atoms with Crippen LogP contribution in [0.3, 0.4) is 0 Å². The van der Waals surface area contributed by atoms with Crippen molar-refractivity contribution in [1.82, 2.24) is 9.88 Å². The van der Waals surface area contributed by atoms with Gasteiger partial charge in [-0.3, -0.25) is 4.79 Å². The summed E-state index contributed by atoms with van der Waals surface area (Å²) >= 11 is 4.77. The lowest BCUT2D eigenvalue weighted by molar-refractivity contribution is 0.0723. The van der Waals surface area contributed by atoms with Crippen LogP contribution in [0.2, 0.25) is 0 Å². The van der Waals surface area contributed by atoms with Crippen LogP contribution in [-0.4, -0.2) is 33.7 Å². The molecule has 0 radical (unpaired) electrons. The summed E-state index contributed by atoms with van der Waals surface area (Å²) in [6.07, 6.45) is 0. The molecular formula is C10H15BrN2OS. The predicted molar refractivity (Wildman–Crippen MR) is 66.8 cm³/mol. The average Bonchev–Trinajstić information content (AvgIpc) is 2.59. The average molecular weight is 291 g/mol. The normalized spacial score (nSPS) is 10.7. The zero-order valence-corrected chi connectivity index (χ0v) is 11.6. The first-order chi connectivity index (χ1) is 7.07. The standard InChI is InChI=1S/C10H15BrN2OS/c1-7(2)13(5-4-11)10(14)9-8(3)12-6-15-9/h6-7H,4-5H2,1-3H3. The molecule has 15 heavy (non-hydrogen) atoms. The molecular weight excluding hydrogens is 276 g/mol. The summed E-state index contributed by atoms with van der Waals surface area (Å²) in [4.78, 5) is 18.8. The summed E-state index contributed by atoms with van der Waals surface area (Å²) in [5.74, 6) is 0.0875. The van der Waals surface area contributed by atoms with Crippen LogP contribution >= 0.6 is 27.3 Å². The third-order valence-corrected chi connectivity index (χ3v) is 3.42. The molecule has 0 fully saturated rings. The lowest BCUT2D eigenvalue weighted by atomic mass is 10.2. The van der Waals surface area contributed by atoms with E-state index in [1.807, 2.05) is 25.7 Å². The number of halogens is 1. The minimum Gasteiger partial charge on any atom is -0.335 e. The number of amides is 1.